The first-order valence-electron chi connectivity index (χ1n) is 5.32. The van der Waals surface area contributed by atoms with E-state index in [4.69, 9.17) is 0 Å². The summed E-state index contributed by atoms with van der Waals surface area (Å²) in [5.41, 5.74) is 0. The lowest BCUT2D eigenvalue weighted by atomic mass is 9.85. The second kappa shape index (κ2) is 6.47. The lowest BCUT2D eigenvalue weighted by molar-refractivity contribution is 0.290. The van der Waals surface area contributed by atoms with Crippen LogP contribution < -0.4 is 5.32 Å². The lowest BCUT2D eigenvalue weighted by Crippen LogP contribution is -2.26. The molecule has 3 unspecified atom stereocenters. The van der Waals surface area contributed by atoms with E-state index in [0.29, 0.717) is 6.04 Å². The molecule has 0 saturated heterocycles. The molecule has 1 N–H and O–H groups in total. The van der Waals surface area contributed by atoms with Gasteiger partial charge in [0.15, 0.2) is 0 Å². The van der Waals surface area contributed by atoms with Crippen LogP contribution in [-0.2, 0) is 0 Å². The van der Waals surface area contributed by atoms with E-state index in [2.05, 4.69) is 33.0 Å². The van der Waals surface area contributed by atoms with Gasteiger partial charge >= 0.3 is 0 Å². The van der Waals surface area contributed by atoms with Gasteiger partial charge in [-0.2, -0.15) is 0 Å². The highest BCUT2D eigenvalue weighted by Gasteiger charge is 2.15. The van der Waals surface area contributed by atoms with Gasteiger partial charge < -0.3 is 5.32 Å². The Kier molecular flexibility index (Phi) is 6.45. The van der Waals surface area contributed by atoms with Crippen molar-refractivity contribution in [2.45, 2.75) is 53.0 Å². The van der Waals surface area contributed by atoms with E-state index < -0.39 is 0 Å². The molecule has 0 aromatic rings. The Morgan fingerprint density at radius 1 is 1.08 bits per heavy atom. The summed E-state index contributed by atoms with van der Waals surface area (Å²) in [6.45, 7) is 9.23. The van der Waals surface area contributed by atoms with Crippen molar-refractivity contribution in [3.8, 4) is 0 Å². The molecule has 0 bridgehead atoms. The van der Waals surface area contributed by atoms with Crippen molar-refractivity contribution in [1.29, 1.82) is 0 Å². The summed E-state index contributed by atoms with van der Waals surface area (Å²) in [6, 6.07) is 0.670. The van der Waals surface area contributed by atoms with Gasteiger partial charge in [-0.1, -0.05) is 33.6 Å². The first-order valence-corrected chi connectivity index (χ1v) is 5.32. The maximum Gasteiger partial charge on any atom is 0.00384 e. The minimum Gasteiger partial charge on any atom is -0.317 e. The Labute approximate surface area is 77.9 Å². The molecule has 12 heavy (non-hydrogen) atoms. The van der Waals surface area contributed by atoms with Crippen molar-refractivity contribution in [2.75, 3.05) is 7.05 Å². The van der Waals surface area contributed by atoms with E-state index in [1.54, 1.807) is 0 Å². The molecule has 1 heteroatoms. The van der Waals surface area contributed by atoms with Crippen LogP contribution in [0.15, 0.2) is 0 Å². The predicted octanol–water partition coefficient (Wildman–Crippen LogP) is 3.06. The Hall–Kier alpha value is -0.0400. The highest BCUT2D eigenvalue weighted by atomic mass is 14.8. The van der Waals surface area contributed by atoms with Gasteiger partial charge in [0.2, 0.25) is 0 Å². The summed E-state index contributed by atoms with van der Waals surface area (Å²) in [4.78, 5) is 0. The highest BCUT2D eigenvalue weighted by Crippen LogP contribution is 2.23. The van der Waals surface area contributed by atoms with Gasteiger partial charge in [-0.25, -0.2) is 0 Å². The van der Waals surface area contributed by atoms with Gasteiger partial charge in [0.1, 0.15) is 0 Å². The second-order valence-electron chi connectivity index (χ2n) is 3.98. The molecule has 0 aliphatic rings. The largest absolute Gasteiger partial charge is 0.317 e. The van der Waals surface area contributed by atoms with Crippen LogP contribution in [0.25, 0.3) is 0 Å². The molecule has 0 saturated carbocycles. The number of hydrogen-bond acceptors (Lipinski definition) is 1. The number of hydrogen-bond donors (Lipinski definition) is 1. The van der Waals surface area contributed by atoms with Gasteiger partial charge in [-0.15, -0.1) is 0 Å². The van der Waals surface area contributed by atoms with E-state index in [9.17, 15) is 0 Å². The van der Waals surface area contributed by atoms with E-state index in [1.165, 1.54) is 19.3 Å². The van der Waals surface area contributed by atoms with Crippen LogP contribution in [0.5, 0.6) is 0 Å². The minimum atomic E-state index is 0.670. The normalized spacial score (nSPS) is 18.8. The zero-order valence-corrected chi connectivity index (χ0v) is 9.35. The standard InChI is InChI=1S/C11H25N/c1-6-9(3)11(7-2)8-10(4)12-5/h9-12H,6-8H2,1-5H3. The summed E-state index contributed by atoms with van der Waals surface area (Å²) >= 11 is 0. The van der Waals surface area contributed by atoms with Crippen LogP contribution in [0.1, 0.15) is 47.0 Å². The topological polar surface area (TPSA) is 12.0 Å². The summed E-state index contributed by atoms with van der Waals surface area (Å²) in [5.74, 6) is 1.78. The third kappa shape index (κ3) is 4.10. The summed E-state index contributed by atoms with van der Waals surface area (Å²) in [7, 11) is 2.05. The van der Waals surface area contributed by atoms with Crippen LogP contribution in [0.3, 0.4) is 0 Å². The van der Waals surface area contributed by atoms with Gasteiger partial charge in [-0.3, -0.25) is 0 Å². The number of nitrogens with one attached hydrogen (secondary N) is 1. The zero-order valence-electron chi connectivity index (χ0n) is 9.35. The average Bonchev–Trinajstić information content (AvgIpc) is 2.12. The van der Waals surface area contributed by atoms with Gasteiger partial charge in [0.25, 0.3) is 0 Å². The summed E-state index contributed by atoms with van der Waals surface area (Å²) in [6.07, 6.45) is 3.96. The quantitative estimate of drug-likeness (QED) is 0.647. The van der Waals surface area contributed by atoms with Crippen LogP contribution >= 0.6 is 0 Å². The highest BCUT2D eigenvalue weighted by molar-refractivity contribution is 4.69. The van der Waals surface area contributed by atoms with Crippen molar-refractivity contribution < 1.29 is 0 Å². The molecule has 0 aromatic carbocycles. The molecule has 1 nitrogen and oxygen atoms in total. The Balaban J connectivity index is 3.81. The Bertz CT molecular complexity index is 101. The molecule has 74 valence electrons. The lowest BCUT2D eigenvalue weighted by Gasteiger charge is -2.24. The Morgan fingerprint density at radius 3 is 2.00 bits per heavy atom. The molecule has 0 aliphatic carbocycles. The van der Waals surface area contributed by atoms with Crippen LogP contribution in [-0.4, -0.2) is 13.1 Å². The van der Waals surface area contributed by atoms with E-state index in [0.717, 1.165) is 11.8 Å². The first kappa shape index (κ1) is 12.0. The maximum absolute atomic E-state index is 3.31. The molecule has 0 aliphatic heterocycles. The monoisotopic (exact) mass is 171 g/mol. The van der Waals surface area contributed by atoms with E-state index >= 15 is 0 Å². The van der Waals surface area contributed by atoms with Gasteiger partial charge in [0.05, 0.1) is 0 Å². The molecular formula is C11H25N. The fraction of sp³-hybridized carbons (Fsp3) is 1.00. The summed E-state index contributed by atoms with van der Waals surface area (Å²) < 4.78 is 0. The fourth-order valence-electron chi connectivity index (χ4n) is 1.71. The SMILES string of the molecule is CCC(C)C(CC)CC(C)NC. The minimum absolute atomic E-state index is 0.670. The average molecular weight is 171 g/mol. The molecule has 0 spiro atoms. The van der Waals surface area contributed by atoms with E-state index in [-0.39, 0.29) is 0 Å². The predicted molar refractivity (Wildman–Crippen MR) is 56.4 cm³/mol. The third-order valence-electron chi connectivity index (χ3n) is 3.12. The number of rotatable bonds is 6. The molecular weight excluding hydrogens is 146 g/mol. The Morgan fingerprint density at radius 2 is 1.67 bits per heavy atom. The van der Waals surface area contributed by atoms with Crippen LogP contribution in [0.2, 0.25) is 0 Å². The zero-order chi connectivity index (χ0) is 9.56. The maximum atomic E-state index is 3.31. The van der Waals surface area contributed by atoms with Crippen molar-refractivity contribution in [1.82, 2.24) is 5.32 Å². The third-order valence-corrected chi connectivity index (χ3v) is 3.12. The molecule has 0 aromatic heterocycles. The molecule has 0 fully saturated rings. The van der Waals surface area contributed by atoms with Crippen LogP contribution in [0.4, 0.5) is 0 Å². The summed E-state index contributed by atoms with van der Waals surface area (Å²) in [5, 5.41) is 3.31. The van der Waals surface area contributed by atoms with Crippen molar-refractivity contribution >= 4 is 0 Å². The smallest absolute Gasteiger partial charge is 0.00384 e. The molecule has 0 rings (SSSR count). The first-order chi connectivity index (χ1) is 5.65. The van der Waals surface area contributed by atoms with Crippen LogP contribution in [0, 0.1) is 11.8 Å². The van der Waals surface area contributed by atoms with Crippen molar-refractivity contribution in [2.24, 2.45) is 11.8 Å². The van der Waals surface area contributed by atoms with Gasteiger partial charge in [0, 0.05) is 6.04 Å². The molecule has 0 heterocycles. The molecule has 0 amide bonds. The van der Waals surface area contributed by atoms with Crippen molar-refractivity contribution in [3.05, 3.63) is 0 Å². The molecule has 3 atom stereocenters. The molecule has 0 radical (unpaired) electrons. The second-order valence-corrected chi connectivity index (χ2v) is 3.98. The van der Waals surface area contributed by atoms with Crippen molar-refractivity contribution in [3.63, 3.8) is 0 Å². The van der Waals surface area contributed by atoms with E-state index in [1.807, 2.05) is 7.05 Å². The van der Waals surface area contributed by atoms with Gasteiger partial charge in [-0.05, 0) is 32.2 Å². The fourth-order valence-corrected chi connectivity index (χ4v) is 1.71.